The van der Waals surface area contributed by atoms with Gasteiger partial charge in [-0.25, -0.2) is 34.9 Å². The molecule has 0 aliphatic carbocycles. The Labute approximate surface area is 476 Å². The molecule has 9 N–H and O–H groups in total. The van der Waals surface area contributed by atoms with Crippen LogP contribution < -0.4 is 37.6 Å². The fraction of sp³-hybridized carbons (Fsp3) is 0.314. The predicted molar refractivity (Wildman–Crippen MR) is 303 cm³/mol. The lowest BCUT2D eigenvalue weighted by atomic mass is 10.0. The first-order valence-electron chi connectivity index (χ1n) is 24.5. The number of aryl methyl sites for hydroxylation is 1. The van der Waals surface area contributed by atoms with Crippen LogP contribution in [0.15, 0.2) is 64.0 Å². The zero-order valence-corrected chi connectivity index (χ0v) is 47.8. The van der Waals surface area contributed by atoms with Gasteiger partial charge >= 0.3 is 0 Å². The number of nitrogens with zero attached hydrogens (tertiary/aromatic N) is 7. The van der Waals surface area contributed by atoms with Crippen LogP contribution in [-0.2, 0) is 20.9 Å². The first-order chi connectivity index (χ1) is 38.1. The summed E-state index contributed by atoms with van der Waals surface area (Å²) in [5.41, 5.74) is 8.64. The normalized spacial score (nSPS) is 16.6. The van der Waals surface area contributed by atoms with Gasteiger partial charge in [0, 0.05) is 52.7 Å². The molecule has 1 aliphatic heterocycles. The highest BCUT2D eigenvalue weighted by Crippen LogP contribution is 2.40. The molecule has 4 atom stereocenters. The smallest absolute Gasteiger partial charge is 0.271 e. The first-order valence-corrected chi connectivity index (χ1v) is 29.7. The Hall–Kier alpha value is -7.15. The van der Waals surface area contributed by atoms with Crippen molar-refractivity contribution in [3.8, 4) is 43.4 Å². The van der Waals surface area contributed by atoms with E-state index in [0.717, 1.165) is 11.3 Å². The number of methoxy groups -OCH3 is 1. The Morgan fingerprint density at radius 1 is 0.734 bits per heavy atom. The summed E-state index contributed by atoms with van der Waals surface area (Å²) in [6, 6.07) is 9.56. The number of aliphatic hydroxyl groups is 1. The number of ether oxygens (including phenoxy) is 1. The zero-order chi connectivity index (χ0) is 55.9. The van der Waals surface area contributed by atoms with E-state index in [0.29, 0.717) is 93.2 Å². The Balaban J connectivity index is 1.13. The van der Waals surface area contributed by atoms with Crippen LogP contribution >= 0.6 is 68.0 Å². The van der Waals surface area contributed by atoms with E-state index in [1.54, 1.807) is 70.9 Å². The molecule has 0 radical (unpaired) electrons. The summed E-state index contributed by atoms with van der Waals surface area (Å²) in [5, 5.41) is 38.0. The molecule has 1 aromatic carbocycles. The van der Waals surface area contributed by atoms with E-state index >= 15 is 0 Å². The van der Waals surface area contributed by atoms with Gasteiger partial charge in [-0.15, -0.1) is 68.0 Å². The molecule has 7 aromatic heterocycles. The third kappa shape index (κ3) is 13.0. The number of hydrogen-bond donors (Lipinski definition) is 8. The second kappa shape index (κ2) is 25.3. The minimum atomic E-state index is -1.27. The zero-order valence-electron chi connectivity index (χ0n) is 42.9. The van der Waals surface area contributed by atoms with E-state index < -0.39 is 60.3 Å². The fourth-order valence-corrected chi connectivity index (χ4v) is 13.6. The molecular formula is C51H52N14O8S6. The van der Waals surface area contributed by atoms with Gasteiger partial charge < -0.3 is 47.5 Å². The number of amides is 6. The topological polar surface area (TPSA) is 320 Å². The van der Waals surface area contributed by atoms with Crippen LogP contribution in [-0.4, -0.2) is 109 Å². The Morgan fingerprint density at radius 3 is 2.22 bits per heavy atom. The molecule has 79 heavy (non-hydrogen) atoms. The molecule has 28 heteroatoms. The third-order valence-corrected chi connectivity index (χ3v) is 17.9. The van der Waals surface area contributed by atoms with Crippen LogP contribution in [0.2, 0.25) is 0 Å². The summed E-state index contributed by atoms with van der Waals surface area (Å²) in [4.78, 5) is 117. The van der Waals surface area contributed by atoms with Crippen molar-refractivity contribution in [1.29, 1.82) is 0 Å². The van der Waals surface area contributed by atoms with E-state index in [1.165, 1.54) is 70.8 Å². The fourth-order valence-electron chi connectivity index (χ4n) is 8.08. The van der Waals surface area contributed by atoms with Crippen molar-refractivity contribution < 1.29 is 38.6 Å². The number of hydrogen-bond acceptors (Lipinski definition) is 22. The van der Waals surface area contributed by atoms with Crippen molar-refractivity contribution in [2.24, 2.45) is 11.7 Å². The van der Waals surface area contributed by atoms with Crippen LogP contribution in [0.25, 0.3) is 43.4 Å². The van der Waals surface area contributed by atoms with Gasteiger partial charge in [0.25, 0.3) is 23.6 Å². The van der Waals surface area contributed by atoms with E-state index in [2.05, 4.69) is 46.9 Å². The number of nitrogens with two attached hydrogens (primary N) is 1. The lowest BCUT2D eigenvalue weighted by molar-refractivity contribution is -0.122. The minimum Gasteiger partial charge on any atom is -0.386 e. The van der Waals surface area contributed by atoms with E-state index in [9.17, 15) is 33.9 Å². The number of carbonyl (C=O) groups is 6. The van der Waals surface area contributed by atoms with E-state index in [1.807, 2.05) is 13.8 Å². The number of rotatable bonds is 12. The van der Waals surface area contributed by atoms with Gasteiger partial charge in [-0.2, -0.15) is 0 Å². The second-order valence-corrected chi connectivity index (χ2v) is 23.9. The van der Waals surface area contributed by atoms with Gasteiger partial charge in [-0.1, -0.05) is 44.2 Å². The molecule has 2 unspecified atom stereocenters. The molecule has 8 aromatic rings. The molecule has 410 valence electrons. The Bertz CT molecular complexity index is 3530. The molecule has 22 nitrogen and oxygen atoms in total. The molecular weight excluding hydrogens is 1130 g/mol. The summed E-state index contributed by atoms with van der Waals surface area (Å²) in [6.07, 6.45) is -0.867. The third-order valence-electron chi connectivity index (χ3n) is 12.1. The minimum absolute atomic E-state index is 0.00373. The highest BCUT2D eigenvalue weighted by Gasteiger charge is 2.33. The number of benzene rings is 1. The monoisotopic (exact) mass is 1180 g/mol. The molecule has 0 saturated carbocycles. The van der Waals surface area contributed by atoms with E-state index in [-0.39, 0.29) is 47.6 Å². The number of aromatic nitrogens is 7. The quantitative estimate of drug-likeness (QED) is 0.0614. The van der Waals surface area contributed by atoms with Crippen molar-refractivity contribution in [1.82, 2.24) is 66.8 Å². The van der Waals surface area contributed by atoms with Gasteiger partial charge in [0.1, 0.15) is 82.0 Å². The molecule has 0 spiro atoms. The number of aliphatic hydroxyl groups excluding tert-OH is 1. The van der Waals surface area contributed by atoms with Crippen LogP contribution in [0.4, 0.5) is 0 Å². The van der Waals surface area contributed by atoms with Crippen molar-refractivity contribution >= 4 is 103 Å². The summed E-state index contributed by atoms with van der Waals surface area (Å²) in [6.45, 7) is 5.80. The van der Waals surface area contributed by atoms with Gasteiger partial charge in [-0.3, -0.25) is 28.8 Å². The SMILES string of the molecule is CNC(=O)C[C@@H]1NC(=O)c2csc(n2)-c2ccc(-c3nc(C(=O)NCCCN)cs3)nc2-c2csc(n2)-c2csc(n2)C(C(O)c2ccccc2)NC(=O)CNC(=O)c2nc(sc2COC)[C@H](C(C)C)NC(=O)c2nc1sc2C. The lowest BCUT2D eigenvalue weighted by Crippen LogP contribution is -2.40. The van der Waals surface area contributed by atoms with Crippen LogP contribution in [0, 0.1) is 12.8 Å². The molecule has 8 heterocycles. The van der Waals surface area contributed by atoms with Crippen LogP contribution in [0.3, 0.4) is 0 Å². The molecule has 1 aliphatic rings. The highest BCUT2D eigenvalue weighted by atomic mass is 32.1. The molecule has 0 fully saturated rings. The maximum atomic E-state index is 14.2. The van der Waals surface area contributed by atoms with E-state index in [4.69, 9.17) is 30.4 Å². The summed E-state index contributed by atoms with van der Waals surface area (Å²) >= 11 is 7.21. The van der Waals surface area contributed by atoms with Gasteiger partial charge in [0.15, 0.2) is 0 Å². The largest absolute Gasteiger partial charge is 0.386 e. The first kappa shape index (κ1) is 56.6. The number of thiazole rings is 6. The molecule has 9 rings (SSSR count). The summed E-state index contributed by atoms with van der Waals surface area (Å²) in [7, 11) is 2.95. The van der Waals surface area contributed by atoms with Crippen molar-refractivity contribution in [2.45, 2.75) is 64.4 Å². The molecule has 6 amide bonds. The number of nitrogens with one attached hydrogen (secondary N) is 6. The Kier molecular flexibility index (Phi) is 18.1. The summed E-state index contributed by atoms with van der Waals surface area (Å²) in [5.74, 6) is -3.43. The van der Waals surface area contributed by atoms with Gasteiger partial charge in [0.2, 0.25) is 11.8 Å². The van der Waals surface area contributed by atoms with Crippen molar-refractivity contribution in [3.63, 3.8) is 0 Å². The van der Waals surface area contributed by atoms with Crippen molar-refractivity contribution in [2.75, 3.05) is 33.8 Å². The molecule has 10 bridgehead atoms. The second-order valence-electron chi connectivity index (χ2n) is 18.1. The Morgan fingerprint density at radius 2 is 1.46 bits per heavy atom. The predicted octanol–water partition coefficient (Wildman–Crippen LogP) is 6.39. The average Bonchev–Trinajstić information content (AvgIpc) is 4.53. The lowest BCUT2D eigenvalue weighted by Gasteiger charge is -2.23. The van der Waals surface area contributed by atoms with Gasteiger partial charge in [0.05, 0.1) is 42.2 Å². The molecule has 0 saturated heterocycles. The highest BCUT2D eigenvalue weighted by molar-refractivity contribution is 7.15. The number of fused-ring (bicyclic) bond motifs is 14. The summed E-state index contributed by atoms with van der Waals surface area (Å²) < 4.78 is 5.44. The van der Waals surface area contributed by atoms with Crippen molar-refractivity contribution in [3.05, 3.63) is 117 Å². The standard InChI is InChI=1S/C51H52N14O8S6/c1-23(2)36-51-65-39(33(79-51)18-73-5)44(71)55-17-35(67)62-40(41(68)25-10-7-6-8-11-25)50-61-32(22-77-50)48-58-29(19-75-48)38-26(12-13-27(56-38)47-60-30(20-76-47)42(69)54-15-9-14-52)46-59-31(21-74-46)43(70)57-28(16-34(66)53-4)49-64-37(24(3)78-49)45(72)63-36/h6-8,10-13,19-23,28,36,40-41,68H,9,14-18,52H2,1-5H3,(H,53,66)(H,54,69)(H,55,71)(H,57,70)(H,62,67)(H,63,72)/t28-,36-,40?,41?/m0/s1. The van der Waals surface area contributed by atoms with Gasteiger partial charge in [-0.05, 0) is 43.5 Å². The number of carbonyl (C=O) groups excluding carboxylic acids is 6. The average molecular weight is 1180 g/mol. The van der Waals surface area contributed by atoms with Crippen LogP contribution in [0.1, 0.15) is 123 Å². The maximum Gasteiger partial charge on any atom is 0.271 e. The number of pyridine rings is 1. The maximum absolute atomic E-state index is 14.2. The van der Waals surface area contributed by atoms with Crippen LogP contribution in [0.5, 0.6) is 0 Å².